The lowest BCUT2D eigenvalue weighted by atomic mass is 10.0. The molecule has 3 N–H and O–H groups in total. The first-order valence-electron chi connectivity index (χ1n) is 37.8. The monoisotopic (exact) mass is 1420 g/mol. The molecule has 5 atom stereocenters. The molecule has 0 heterocycles. The van der Waals surface area contributed by atoms with Gasteiger partial charge in [-0.15, -0.1) is 0 Å². The first-order valence-corrected chi connectivity index (χ1v) is 40.8. The highest BCUT2D eigenvalue weighted by atomic mass is 31.2. The van der Waals surface area contributed by atoms with E-state index in [1.54, 1.807) is 6.08 Å². The van der Waals surface area contributed by atoms with Crippen LogP contribution in [0.15, 0.2) is 122 Å². The Morgan fingerprint density at radius 2 is 0.592 bits per heavy atom. The molecule has 0 aromatic heterocycles. The summed E-state index contributed by atoms with van der Waals surface area (Å²) in [6, 6.07) is 0. The number of unbranched alkanes of at least 4 members (excludes halogenated alkanes) is 25. The van der Waals surface area contributed by atoms with Crippen LogP contribution in [0.4, 0.5) is 0 Å². The van der Waals surface area contributed by atoms with Gasteiger partial charge in [0.2, 0.25) is 0 Å². The van der Waals surface area contributed by atoms with Crippen LogP contribution < -0.4 is 0 Å². The zero-order valence-corrected chi connectivity index (χ0v) is 63.0. The Kier molecular flexibility index (Phi) is 67.6. The zero-order chi connectivity index (χ0) is 71.8. The molecule has 0 aromatic rings. The van der Waals surface area contributed by atoms with Crippen LogP contribution in [0, 0.1) is 0 Å². The first kappa shape index (κ1) is 93.5. The minimum atomic E-state index is -4.99. The zero-order valence-electron chi connectivity index (χ0n) is 61.2. The van der Waals surface area contributed by atoms with Gasteiger partial charge >= 0.3 is 39.5 Å². The van der Waals surface area contributed by atoms with Gasteiger partial charge < -0.3 is 33.8 Å². The second-order valence-electron chi connectivity index (χ2n) is 24.8. The minimum absolute atomic E-state index is 0.0705. The van der Waals surface area contributed by atoms with Gasteiger partial charge in [0.15, 0.2) is 12.2 Å². The summed E-state index contributed by atoms with van der Waals surface area (Å²) in [6.07, 6.45) is 76.5. The summed E-state index contributed by atoms with van der Waals surface area (Å²) in [5.74, 6) is -2.34. The fraction of sp³-hybridized carbons (Fsp3) is 0.696. The van der Waals surface area contributed by atoms with Crippen molar-refractivity contribution in [2.24, 2.45) is 0 Å². The Hall–Kier alpha value is -4.54. The number of carbonyl (C=O) groups is 4. The average Bonchev–Trinajstić information content (AvgIpc) is 0.971. The summed E-state index contributed by atoms with van der Waals surface area (Å²) in [5, 5.41) is 10.6. The third-order valence-corrected chi connectivity index (χ3v) is 17.3. The van der Waals surface area contributed by atoms with Crippen molar-refractivity contribution in [3.63, 3.8) is 0 Å². The third kappa shape index (κ3) is 69.9. The molecule has 0 aliphatic heterocycles. The molecule has 98 heavy (non-hydrogen) atoms. The van der Waals surface area contributed by atoms with E-state index in [1.165, 1.54) is 51.4 Å². The largest absolute Gasteiger partial charge is 0.472 e. The van der Waals surface area contributed by atoms with Gasteiger partial charge in [-0.1, -0.05) is 284 Å². The molecule has 0 aromatic carbocycles. The number of hydrogen-bond acceptors (Lipinski definition) is 15. The van der Waals surface area contributed by atoms with Gasteiger partial charge in [0, 0.05) is 19.3 Å². The van der Waals surface area contributed by atoms with Crippen LogP contribution in [0.3, 0.4) is 0 Å². The van der Waals surface area contributed by atoms with Gasteiger partial charge in [-0.05, 0) is 109 Å². The number of carbonyl (C=O) groups excluding carboxylic acids is 4. The van der Waals surface area contributed by atoms with Crippen molar-refractivity contribution in [2.45, 2.75) is 316 Å². The Labute approximate surface area is 593 Å². The predicted octanol–water partition coefficient (Wildman–Crippen LogP) is 21.6. The summed E-state index contributed by atoms with van der Waals surface area (Å²) < 4.78 is 68.3. The van der Waals surface area contributed by atoms with Crippen molar-refractivity contribution in [2.75, 3.05) is 39.6 Å². The van der Waals surface area contributed by atoms with E-state index in [1.807, 2.05) is 18.2 Å². The maximum Gasteiger partial charge on any atom is 0.472 e. The minimum Gasteiger partial charge on any atom is -0.462 e. The number of aliphatic hydroxyl groups excluding tert-OH is 1. The van der Waals surface area contributed by atoms with Gasteiger partial charge in [-0.3, -0.25) is 37.3 Å². The predicted molar refractivity (Wildman–Crippen MR) is 399 cm³/mol. The molecule has 0 rings (SSSR count). The third-order valence-electron chi connectivity index (χ3n) is 15.4. The Morgan fingerprint density at radius 1 is 0.306 bits per heavy atom. The lowest BCUT2D eigenvalue weighted by molar-refractivity contribution is -0.161. The number of hydrogen-bond donors (Lipinski definition) is 3. The molecule has 0 saturated heterocycles. The van der Waals surface area contributed by atoms with E-state index >= 15 is 0 Å². The summed E-state index contributed by atoms with van der Waals surface area (Å²) in [4.78, 5) is 72.7. The normalized spacial score (nSPS) is 14.6. The summed E-state index contributed by atoms with van der Waals surface area (Å²) in [7, 11) is -9.98. The molecule has 0 amide bonds. The van der Waals surface area contributed by atoms with Gasteiger partial charge in [0.25, 0.3) is 0 Å². The Bertz CT molecular complexity index is 2340. The number of allylic oxidation sites excluding steroid dienone is 19. The quantitative estimate of drug-likeness (QED) is 0.0169. The highest BCUT2D eigenvalue weighted by molar-refractivity contribution is 7.47. The number of ether oxygens (including phenoxy) is 4. The lowest BCUT2D eigenvalue weighted by Gasteiger charge is -2.21. The molecule has 0 fully saturated rings. The van der Waals surface area contributed by atoms with E-state index < -0.39 is 97.5 Å². The standard InChI is InChI=1S/C79H134O17P2/c1-5-9-13-17-21-25-29-33-35-36-38-42-44-48-52-56-60-64-77(82)90-70-75(96-79(84)66-62-58-54-50-46-40-32-28-24-20-16-12-8-4)72-94-98(87,88)92-68-73(80)67-91-97(85,86)93-71-74(95-78(83)65-61-57-53-49-45-39-31-27-23-19-15-11-7-3)69-89-76(81)63-59-55-51-47-43-41-37-34-30-26-22-18-14-10-6-2/h9-10,13-14,16,20-22,25-26,28,32-35,37,43,47,55,59,73-75,80H,5-8,11-12,15,17-19,23-24,27,29-31,36,38-42,44-46,48-54,56-58,60-72H2,1-4H3,(H,85,86)(H,87,88)/b13-9-,14-10-,20-16-,25-21-,26-22-,32-28-,35-33-,37-34-,47-43-,59-55-. The highest BCUT2D eigenvalue weighted by Gasteiger charge is 2.30. The van der Waals surface area contributed by atoms with E-state index in [0.717, 1.165) is 167 Å². The second-order valence-corrected chi connectivity index (χ2v) is 27.8. The van der Waals surface area contributed by atoms with Gasteiger partial charge in [0.05, 0.1) is 32.8 Å². The van der Waals surface area contributed by atoms with Crippen molar-refractivity contribution in [1.82, 2.24) is 0 Å². The summed E-state index contributed by atoms with van der Waals surface area (Å²) in [6.45, 7) is 4.45. The van der Waals surface area contributed by atoms with Crippen LogP contribution in [-0.4, -0.2) is 96.7 Å². The van der Waals surface area contributed by atoms with Gasteiger partial charge in [0.1, 0.15) is 19.3 Å². The van der Waals surface area contributed by atoms with E-state index in [0.29, 0.717) is 25.7 Å². The number of rotatable bonds is 70. The van der Waals surface area contributed by atoms with Crippen molar-refractivity contribution < 1.29 is 80.2 Å². The Morgan fingerprint density at radius 3 is 0.949 bits per heavy atom. The number of aliphatic hydroxyl groups is 1. The molecular weight excluding hydrogens is 1280 g/mol. The van der Waals surface area contributed by atoms with Crippen LogP contribution in [0.25, 0.3) is 0 Å². The molecule has 0 saturated carbocycles. The average molecular weight is 1420 g/mol. The molecule has 0 bridgehead atoms. The lowest BCUT2D eigenvalue weighted by Crippen LogP contribution is -2.30. The molecule has 0 radical (unpaired) electrons. The van der Waals surface area contributed by atoms with Gasteiger partial charge in [-0.2, -0.15) is 0 Å². The maximum atomic E-state index is 13.1. The second kappa shape index (κ2) is 70.9. The van der Waals surface area contributed by atoms with Crippen molar-refractivity contribution in [3.8, 4) is 0 Å². The molecule has 562 valence electrons. The SMILES string of the molecule is CC/C=C\C/C=C\C/C=C\C/C=C\C/C=C\CC(=O)OCC(COP(=O)(O)OCC(O)COP(=O)(O)OCC(COC(=O)CCCCCCCCC/C=C\C/C=C\C/C=C\CC)OC(=O)CCCCCCC/C=C\C/C=C\CCC)OC(=O)CCCCCCCCCCCCCCC. The van der Waals surface area contributed by atoms with E-state index in [2.05, 4.69) is 125 Å². The number of phosphoric ester groups is 2. The fourth-order valence-electron chi connectivity index (χ4n) is 9.76. The summed E-state index contributed by atoms with van der Waals surface area (Å²) >= 11 is 0. The molecule has 0 spiro atoms. The first-order chi connectivity index (χ1) is 47.7. The molecule has 0 aliphatic carbocycles. The van der Waals surface area contributed by atoms with E-state index in [-0.39, 0.29) is 25.7 Å². The van der Waals surface area contributed by atoms with Crippen LogP contribution in [0.1, 0.15) is 297 Å². The van der Waals surface area contributed by atoms with E-state index in [9.17, 15) is 43.2 Å². The fourth-order valence-corrected chi connectivity index (χ4v) is 11.3. The summed E-state index contributed by atoms with van der Waals surface area (Å²) in [5.41, 5.74) is 0. The smallest absolute Gasteiger partial charge is 0.462 e. The Balaban J connectivity index is 5.40. The van der Waals surface area contributed by atoms with Crippen LogP contribution in [-0.2, 0) is 65.4 Å². The van der Waals surface area contributed by atoms with Crippen LogP contribution >= 0.6 is 15.6 Å². The molecule has 0 aliphatic rings. The van der Waals surface area contributed by atoms with Crippen molar-refractivity contribution in [3.05, 3.63) is 122 Å². The van der Waals surface area contributed by atoms with Crippen molar-refractivity contribution >= 4 is 39.5 Å². The van der Waals surface area contributed by atoms with Crippen LogP contribution in [0.5, 0.6) is 0 Å². The molecule has 19 heteroatoms. The van der Waals surface area contributed by atoms with Crippen LogP contribution in [0.2, 0.25) is 0 Å². The highest BCUT2D eigenvalue weighted by Crippen LogP contribution is 2.45. The molecule has 17 nitrogen and oxygen atoms in total. The van der Waals surface area contributed by atoms with E-state index in [4.69, 9.17) is 37.0 Å². The molecular formula is C79H134O17P2. The number of esters is 4. The maximum absolute atomic E-state index is 13.1. The van der Waals surface area contributed by atoms with Crippen molar-refractivity contribution in [1.29, 1.82) is 0 Å². The topological polar surface area (TPSA) is 237 Å². The van der Waals surface area contributed by atoms with Gasteiger partial charge in [-0.25, -0.2) is 9.13 Å². The number of phosphoric acid groups is 2. The molecule has 5 unspecified atom stereocenters.